The Morgan fingerprint density at radius 1 is 1.04 bits per heavy atom. The van der Waals surface area contributed by atoms with Gasteiger partial charge in [0, 0.05) is 11.6 Å². The van der Waals surface area contributed by atoms with Crippen LogP contribution in [0, 0.1) is 5.92 Å². The second-order valence-corrected chi connectivity index (χ2v) is 7.88. The molecule has 0 unspecified atom stereocenters. The van der Waals surface area contributed by atoms with Gasteiger partial charge in [0.1, 0.15) is 5.75 Å². The number of allylic oxidation sites excluding steroid dienone is 1. The summed E-state index contributed by atoms with van der Waals surface area (Å²) in [5, 5.41) is 0. The highest BCUT2D eigenvalue weighted by atomic mass is 79.9. The van der Waals surface area contributed by atoms with E-state index < -0.39 is 0 Å². The standard InChI is InChI=1S/C23H25BrO3/c1-26-16-2-3-17-4-6-18(7-5-17)19-8-10-20(11-9-19)23(25)27-22-14-12-21(24)13-15-22/h2-3,8-15,17-18H,4-7,16H2,1H3. The monoisotopic (exact) mass is 428 g/mol. The van der Waals surface area contributed by atoms with Crippen molar-refractivity contribution >= 4 is 21.9 Å². The van der Waals surface area contributed by atoms with Gasteiger partial charge in [-0.2, -0.15) is 0 Å². The van der Waals surface area contributed by atoms with E-state index in [4.69, 9.17) is 9.47 Å². The first kappa shape index (κ1) is 19.8. The lowest BCUT2D eigenvalue weighted by atomic mass is 9.78. The third kappa shape index (κ3) is 5.78. The van der Waals surface area contributed by atoms with Gasteiger partial charge >= 0.3 is 5.97 Å². The van der Waals surface area contributed by atoms with E-state index in [-0.39, 0.29) is 5.97 Å². The highest BCUT2D eigenvalue weighted by molar-refractivity contribution is 9.10. The molecule has 0 radical (unpaired) electrons. The number of esters is 1. The van der Waals surface area contributed by atoms with Crippen LogP contribution in [0.25, 0.3) is 0 Å². The topological polar surface area (TPSA) is 35.5 Å². The molecule has 27 heavy (non-hydrogen) atoms. The molecule has 3 rings (SSSR count). The molecule has 0 amide bonds. The van der Waals surface area contributed by atoms with Crippen molar-refractivity contribution in [2.45, 2.75) is 31.6 Å². The maximum atomic E-state index is 12.3. The largest absolute Gasteiger partial charge is 0.423 e. The minimum Gasteiger partial charge on any atom is -0.423 e. The van der Waals surface area contributed by atoms with Crippen LogP contribution in [0.2, 0.25) is 0 Å². The summed E-state index contributed by atoms with van der Waals surface area (Å²) in [7, 11) is 1.72. The van der Waals surface area contributed by atoms with Crippen molar-refractivity contribution in [3.63, 3.8) is 0 Å². The molecule has 4 heteroatoms. The molecular weight excluding hydrogens is 404 g/mol. The van der Waals surface area contributed by atoms with Crippen molar-refractivity contribution < 1.29 is 14.3 Å². The highest BCUT2D eigenvalue weighted by Crippen LogP contribution is 2.36. The number of rotatable bonds is 6. The van der Waals surface area contributed by atoms with Crippen LogP contribution in [0.4, 0.5) is 0 Å². The van der Waals surface area contributed by atoms with Gasteiger partial charge in [0.05, 0.1) is 12.2 Å². The van der Waals surface area contributed by atoms with Gasteiger partial charge in [-0.3, -0.25) is 0 Å². The zero-order valence-electron chi connectivity index (χ0n) is 15.6. The minimum absolute atomic E-state index is 0.323. The fourth-order valence-electron chi connectivity index (χ4n) is 3.55. The van der Waals surface area contributed by atoms with Gasteiger partial charge in [-0.05, 0) is 79.5 Å². The molecule has 2 aromatic rings. The third-order valence-electron chi connectivity index (χ3n) is 5.08. The predicted octanol–water partition coefficient (Wildman–Crippen LogP) is 6.14. The fraction of sp³-hybridized carbons (Fsp3) is 0.348. The average molecular weight is 429 g/mol. The Bertz CT molecular complexity index is 757. The van der Waals surface area contributed by atoms with Crippen molar-refractivity contribution in [2.75, 3.05) is 13.7 Å². The Morgan fingerprint density at radius 3 is 2.33 bits per heavy atom. The highest BCUT2D eigenvalue weighted by Gasteiger charge is 2.21. The van der Waals surface area contributed by atoms with Crippen molar-refractivity contribution in [2.24, 2.45) is 5.92 Å². The number of methoxy groups -OCH3 is 1. The molecule has 3 nitrogen and oxygen atoms in total. The van der Waals surface area contributed by atoms with Crippen LogP contribution in [0.1, 0.15) is 47.5 Å². The van der Waals surface area contributed by atoms with Crippen molar-refractivity contribution in [1.29, 1.82) is 0 Å². The van der Waals surface area contributed by atoms with Gasteiger partial charge < -0.3 is 9.47 Å². The number of hydrogen-bond donors (Lipinski definition) is 0. The Morgan fingerprint density at radius 2 is 1.70 bits per heavy atom. The Kier molecular flexibility index (Phi) is 7.25. The normalized spacial score (nSPS) is 19.9. The summed E-state index contributed by atoms with van der Waals surface area (Å²) in [6, 6.07) is 15.2. The van der Waals surface area contributed by atoms with E-state index in [1.54, 1.807) is 19.2 Å². The van der Waals surface area contributed by atoms with E-state index in [2.05, 4.69) is 40.2 Å². The maximum Gasteiger partial charge on any atom is 0.343 e. The van der Waals surface area contributed by atoms with Gasteiger partial charge in [0.25, 0.3) is 0 Å². The molecule has 0 heterocycles. The molecule has 2 aromatic carbocycles. The summed E-state index contributed by atoms with van der Waals surface area (Å²) in [6.45, 7) is 0.692. The van der Waals surface area contributed by atoms with Crippen LogP contribution in [-0.4, -0.2) is 19.7 Å². The number of benzene rings is 2. The molecule has 0 N–H and O–H groups in total. The van der Waals surface area contributed by atoms with Crippen LogP contribution in [-0.2, 0) is 4.74 Å². The second kappa shape index (κ2) is 9.86. The molecule has 0 spiro atoms. The van der Waals surface area contributed by atoms with Gasteiger partial charge in [0.15, 0.2) is 0 Å². The summed E-state index contributed by atoms with van der Waals surface area (Å²) in [6.07, 6.45) is 9.20. The smallest absolute Gasteiger partial charge is 0.343 e. The molecule has 142 valence electrons. The average Bonchev–Trinajstić information content (AvgIpc) is 2.70. The lowest BCUT2D eigenvalue weighted by Crippen LogP contribution is -2.12. The summed E-state index contributed by atoms with van der Waals surface area (Å²) in [5.74, 6) is 1.47. The SMILES string of the molecule is COCC=CC1CCC(c2ccc(C(=O)Oc3ccc(Br)cc3)cc2)CC1. The summed E-state index contributed by atoms with van der Waals surface area (Å²) in [4.78, 5) is 12.3. The van der Waals surface area contributed by atoms with Crippen LogP contribution in [0.15, 0.2) is 65.2 Å². The molecule has 0 saturated heterocycles. The van der Waals surface area contributed by atoms with E-state index in [1.807, 2.05) is 24.3 Å². The Balaban J connectivity index is 1.54. The zero-order valence-corrected chi connectivity index (χ0v) is 17.2. The lowest BCUT2D eigenvalue weighted by Gasteiger charge is -2.27. The van der Waals surface area contributed by atoms with E-state index in [1.165, 1.54) is 31.2 Å². The third-order valence-corrected chi connectivity index (χ3v) is 5.61. The van der Waals surface area contributed by atoms with Crippen molar-refractivity contribution in [3.8, 4) is 5.75 Å². The molecule has 1 fully saturated rings. The minimum atomic E-state index is -0.323. The molecular formula is C23H25BrO3. The second-order valence-electron chi connectivity index (χ2n) is 6.96. The fourth-order valence-corrected chi connectivity index (χ4v) is 3.81. The van der Waals surface area contributed by atoms with Crippen LogP contribution >= 0.6 is 15.9 Å². The number of carbonyl (C=O) groups excluding carboxylic acids is 1. The lowest BCUT2D eigenvalue weighted by molar-refractivity contribution is 0.0734. The molecule has 0 aromatic heterocycles. The number of halogens is 1. The van der Waals surface area contributed by atoms with Crippen molar-refractivity contribution in [1.82, 2.24) is 0 Å². The number of hydrogen-bond acceptors (Lipinski definition) is 3. The van der Waals surface area contributed by atoms with E-state index >= 15 is 0 Å². The van der Waals surface area contributed by atoms with Gasteiger partial charge in [-0.25, -0.2) is 4.79 Å². The van der Waals surface area contributed by atoms with E-state index in [0.29, 0.717) is 29.8 Å². The van der Waals surface area contributed by atoms with Crippen LogP contribution in [0.5, 0.6) is 5.75 Å². The molecule has 0 bridgehead atoms. The Labute approximate surface area is 169 Å². The van der Waals surface area contributed by atoms with Crippen LogP contribution in [0.3, 0.4) is 0 Å². The first-order valence-corrected chi connectivity index (χ1v) is 10.2. The number of ether oxygens (including phenoxy) is 2. The summed E-state index contributed by atoms with van der Waals surface area (Å²) in [5.41, 5.74) is 1.90. The molecule has 1 saturated carbocycles. The predicted molar refractivity (Wildman–Crippen MR) is 111 cm³/mol. The van der Waals surface area contributed by atoms with E-state index in [9.17, 15) is 4.79 Å². The molecule has 0 aliphatic heterocycles. The maximum absolute atomic E-state index is 12.3. The van der Waals surface area contributed by atoms with Crippen LogP contribution < -0.4 is 4.74 Å². The zero-order chi connectivity index (χ0) is 19.1. The quantitative estimate of drug-likeness (QED) is 0.314. The first-order chi connectivity index (χ1) is 13.2. The van der Waals surface area contributed by atoms with E-state index in [0.717, 1.165) is 4.47 Å². The summed E-state index contributed by atoms with van der Waals surface area (Å²) >= 11 is 3.37. The van der Waals surface area contributed by atoms with Gasteiger partial charge in [-0.1, -0.05) is 40.2 Å². The molecule has 1 aliphatic carbocycles. The van der Waals surface area contributed by atoms with Gasteiger partial charge in [0.2, 0.25) is 0 Å². The Hall–Kier alpha value is -1.91. The number of carbonyl (C=O) groups is 1. The van der Waals surface area contributed by atoms with Gasteiger partial charge in [-0.15, -0.1) is 0 Å². The molecule has 0 atom stereocenters. The summed E-state index contributed by atoms with van der Waals surface area (Å²) < 4.78 is 11.4. The first-order valence-electron chi connectivity index (χ1n) is 9.39. The molecule has 1 aliphatic rings. The van der Waals surface area contributed by atoms with Crippen molar-refractivity contribution in [3.05, 3.63) is 76.3 Å².